The maximum Gasteiger partial charge on any atom is 0.272 e. The number of hydrogen-bond acceptors (Lipinski definition) is 7. The van der Waals surface area contributed by atoms with Crippen LogP contribution in [-0.4, -0.2) is 27.9 Å². The van der Waals surface area contributed by atoms with Gasteiger partial charge in [0.05, 0.1) is 10.2 Å². The topological polar surface area (TPSA) is 130 Å². The Morgan fingerprint density at radius 3 is 2.44 bits per heavy atom. The fourth-order valence-corrected chi connectivity index (χ4v) is 5.25. The average molecular weight is 587 g/mol. The number of hydrogen-bond donors (Lipinski definition) is 3. The first-order chi connectivity index (χ1) is 19.7. The number of nitrogens with zero attached hydrogens (tertiary/aromatic N) is 1. The van der Waals surface area contributed by atoms with Crippen molar-refractivity contribution in [2.45, 2.75) is 24.0 Å². The molecule has 4 rings (SSSR count). The Kier molecular flexibility index (Phi) is 9.67. The molecule has 0 radical (unpaired) electrons. The van der Waals surface area contributed by atoms with Crippen molar-refractivity contribution < 1.29 is 19.3 Å². The number of carbonyl (C=O) groups excluding carboxylic acids is 3. The SMILES string of the molecule is Cc1cc([N+](=O)[O-])ccc1NC(=O)C(C)Sc1cccc(NC(=O)/C(=C/c2ccsc2)NC(=O)c2ccccc2)c1. The van der Waals surface area contributed by atoms with Crippen LogP contribution in [-0.2, 0) is 9.59 Å². The highest BCUT2D eigenvalue weighted by molar-refractivity contribution is 8.00. The van der Waals surface area contributed by atoms with Crippen LogP contribution in [0.2, 0.25) is 0 Å². The fourth-order valence-electron chi connectivity index (χ4n) is 3.71. The molecule has 0 saturated heterocycles. The van der Waals surface area contributed by atoms with Crippen LogP contribution in [0.3, 0.4) is 0 Å². The van der Waals surface area contributed by atoms with Gasteiger partial charge >= 0.3 is 0 Å². The smallest absolute Gasteiger partial charge is 0.272 e. The van der Waals surface area contributed by atoms with Crippen molar-refractivity contribution in [1.29, 1.82) is 0 Å². The van der Waals surface area contributed by atoms with E-state index in [2.05, 4.69) is 16.0 Å². The highest BCUT2D eigenvalue weighted by Gasteiger charge is 2.18. The lowest BCUT2D eigenvalue weighted by Gasteiger charge is -2.15. The molecule has 4 aromatic rings. The number of nitro benzene ring substituents is 1. The Morgan fingerprint density at radius 1 is 0.976 bits per heavy atom. The summed E-state index contributed by atoms with van der Waals surface area (Å²) in [6, 6.07) is 21.8. The second kappa shape index (κ2) is 13.6. The molecule has 9 nitrogen and oxygen atoms in total. The zero-order chi connectivity index (χ0) is 29.4. The van der Waals surface area contributed by atoms with E-state index in [1.807, 2.05) is 22.9 Å². The monoisotopic (exact) mass is 586 g/mol. The Morgan fingerprint density at radius 2 is 1.76 bits per heavy atom. The number of non-ortho nitro benzene ring substituents is 1. The Labute approximate surface area is 244 Å². The number of nitrogens with one attached hydrogen (secondary N) is 3. The summed E-state index contributed by atoms with van der Waals surface area (Å²) in [5.41, 5.74) is 2.81. The summed E-state index contributed by atoms with van der Waals surface area (Å²) in [6.07, 6.45) is 1.61. The highest BCUT2D eigenvalue weighted by atomic mass is 32.2. The van der Waals surface area contributed by atoms with Gasteiger partial charge in [0.15, 0.2) is 0 Å². The third-order valence-corrected chi connectivity index (χ3v) is 7.63. The lowest BCUT2D eigenvalue weighted by atomic mass is 10.2. The quantitative estimate of drug-likeness (QED) is 0.0842. The van der Waals surface area contributed by atoms with Crippen molar-refractivity contribution in [3.05, 3.63) is 122 Å². The predicted molar refractivity (Wildman–Crippen MR) is 163 cm³/mol. The Bertz CT molecular complexity index is 1600. The minimum atomic E-state index is -0.505. The number of carbonyl (C=O) groups is 3. The van der Waals surface area contributed by atoms with Crippen molar-refractivity contribution in [3.63, 3.8) is 0 Å². The summed E-state index contributed by atoms with van der Waals surface area (Å²) >= 11 is 2.77. The van der Waals surface area contributed by atoms with Gasteiger partial charge in [-0.2, -0.15) is 11.3 Å². The number of aryl methyl sites for hydroxylation is 1. The summed E-state index contributed by atoms with van der Waals surface area (Å²) in [7, 11) is 0. The van der Waals surface area contributed by atoms with E-state index in [0.717, 1.165) is 10.5 Å². The summed E-state index contributed by atoms with van der Waals surface area (Å²) in [5, 5.41) is 22.6. The maximum atomic E-state index is 13.2. The molecule has 0 spiro atoms. The van der Waals surface area contributed by atoms with Crippen LogP contribution >= 0.6 is 23.1 Å². The molecular weight excluding hydrogens is 560 g/mol. The van der Waals surface area contributed by atoms with E-state index in [-0.39, 0.29) is 17.3 Å². The minimum absolute atomic E-state index is 0.0465. The third kappa shape index (κ3) is 8.13. The van der Waals surface area contributed by atoms with Gasteiger partial charge < -0.3 is 16.0 Å². The van der Waals surface area contributed by atoms with Gasteiger partial charge in [-0.05, 0) is 84.3 Å². The molecule has 0 aliphatic rings. The molecule has 3 N–H and O–H groups in total. The number of thioether (sulfide) groups is 1. The summed E-state index contributed by atoms with van der Waals surface area (Å²) in [4.78, 5) is 50.1. The molecule has 3 aromatic carbocycles. The standard InChI is InChI=1S/C30H26N4O5S2/c1-19-15-24(34(38)39)11-12-26(19)32-28(35)20(2)41-25-10-6-9-23(17-25)31-30(37)27(16-21-13-14-40-18-21)33-29(36)22-7-4-3-5-8-22/h3-18,20H,1-2H3,(H,31,37)(H,32,35)(H,33,36)/b27-16-. The number of nitro groups is 1. The zero-order valence-corrected chi connectivity index (χ0v) is 23.8. The average Bonchev–Trinajstić information content (AvgIpc) is 3.47. The van der Waals surface area contributed by atoms with E-state index in [4.69, 9.17) is 0 Å². The summed E-state index contributed by atoms with van der Waals surface area (Å²) in [5.74, 6) is -1.18. The normalized spacial score (nSPS) is 11.8. The molecule has 11 heteroatoms. The molecule has 1 heterocycles. The Balaban J connectivity index is 1.43. The van der Waals surface area contributed by atoms with Gasteiger partial charge in [0.25, 0.3) is 17.5 Å². The largest absolute Gasteiger partial charge is 0.325 e. The van der Waals surface area contributed by atoms with Crippen LogP contribution in [0.4, 0.5) is 17.1 Å². The lowest BCUT2D eigenvalue weighted by molar-refractivity contribution is -0.384. The molecular formula is C30H26N4O5S2. The van der Waals surface area contributed by atoms with Gasteiger partial charge in [-0.3, -0.25) is 24.5 Å². The van der Waals surface area contributed by atoms with Crippen molar-refractivity contribution in [2.24, 2.45) is 0 Å². The second-order valence-electron chi connectivity index (χ2n) is 8.92. The first-order valence-electron chi connectivity index (χ1n) is 12.4. The van der Waals surface area contributed by atoms with Gasteiger partial charge in [0, 0.05) is 34.0 Å². The van der Waals surface area contributed by atoms with E-state index in [9.17, 15) is 24.5 Å². The van der Waals surface area contributed by atoms with Gasteiger partial charge in [-0.25, -0.2) is 0 Å². The molecule has 0 bridgehead atoms. The van der Waals surface area contributed by atoms with Crippen molar-refractivity contribution in [2.75, 3.05) is 10.6 Å². The molecule has 3 amide bonds. The maximum absolute atomic E-state index is 13.2. The molecule has 1 unspecified atom stereocenters. The van der Waals surface area contributed by atoms with Gasteiger partial charge in [0.1, 0.15) is 5.70 Å². The molecule has 208 valence electrons. The number of benzene rings is 3. The molecule has 1 aromatic heterocycles. The summed E-state index contributed by atoms with van der Waals surface area (Å²) < 4.78 is 0. The number of rotatable bonds is 10. The first-order valence-corrected chi connectivity index (χ1v) is 14.3. The van der Waals surface area contributed by atoms with Gasteiger partial charge in [0.2, 0.25) is 5.91 Å². The highest BCUT2D eigenvalue weighted by Crippen LogP contribution is 2.28. The van der Waals surface area contributed by atoms with Crippen LogP contribution in [0.1, 0.15) is 28.4 Å². The van der Waals surface area contributed by atoms with E-state index in [1.54, 1.807) is 68.5 Å². The lowest BCUT2D eigenvalue weighted by Crippen LogP contribution is -2.30. The van der Waals surface area contributed by atoms with Crippen LogP contribution in [0, 0.1) is 17.0 Å². The third-order valence-electron chi connectivity index (χ3n) is 5.84. The van der Waals surface area contributed by atoms with E-state index >= 15 is 0 Å². The van der Waals surface area contributed by atoms with E-state index in [1.165, 1.54) is 41.3 Å². The van der Waals surface area contributed by atoms with Crippen molar-refractivity contribution in [3.8, 4) is 0 Å². The Hall–Kier alpha value is -4.74. The van der Waals surface area contributed by atoms with Crippen LogP contribution in [0.5, 0.6) is 0 Å². The van der Waals surface area contributed by atoms with Crippen LogP contribution < -0.4 is 16.0 Å². The number of thiophene rings is 1. The van der Waals surface area contributed by atoms with Crippen LogP contribution in [0.15, 0.2) is 100 Å². The first kappa shape index (κ1) is 29.2. The molecule has 0 fully saturated rings. The summed E-state index contributed by atoms with van der Waals surface area (Å²) in [6.45, 7) is 3.43. The number of amides is 3. The second-order valence-corrected chi connectivity index (χ2v) is 11.1. The number of anilines is 2. The minimum Gasteiger partial charge on any atom is -0.325 e. The predicted octanol–water partition coefficient (Wildman–Crippen LogP) is 6.49. The van der Waals surface area contributed by atoms with Crippen molar-refractivity contribution in [1.82, 2.24) is 5.32 Å². The fraction of sp³-hybridized carbons (Fsp3) is 0.100. The van der Waals surface area contributed by atoms with Crippen LogP contribution in [0.25, 0.3) is 6.08 Å². The zero-order valence-electron chi connectivity index (χ0n) is 22.1. The van der Waals surface area contributed by atoms with E-state index < -0.39 is 22.0 Å². The molecule has 0 saturated carbocycles. The molecule has 0 aliphatic carbocycles. The van der Waals surface area contributed by atoms with E-state index in [0.29, 0.717) is 22.5 Å². The molecule has 41 heavy (non-hydrogen) atoms. The molecule has 1 atom stereocenters. The molecule has 0 aliphatic heterocycles. The van der Waals surface area contributed by atoms with Gasteiger partial charge in [-0.15, -0.1) is 11.8 Å². The van der Waals surface area contributed by atoms with Crippen molar-refractivity contribution >= 4 is 64.0 Å². The van der Waals surface area contributed by atoms with Gasteiger partial charge in [-0.1, -0.05) is 24.3 Å².